The zero-order valence-electron chi connectivity index (χ0n) is 12.6. The van der Waals surface area contributed by atoms with Crippen LogP contribution in [0.4, 0.5) is 0 Å². The molecule has 0 aromatic heterocycles. The summed E-state index contributed by atoms with van der Waals surface area (Å²) >= 11 is 0. The van der Waals surface area contributed by atoms with E-state index in [1.165, 1.54) is 25.7 Å². The van der Waals surface area contributed by atoms with Crippen LogP contribution in [0.2, 0.25) is 0 Å². The summed E-state index contributed by atoms with van der Waals surface area (Å²) < 4.78 is 0. The van der Waals surface area contributed by atoms with Gasteiger partial charge in [-0.3, -0.25) is 4.79 Å². The number of nitrogens with zero attached hydrogens (tertiary/aromatic N) is 1. The number of carbonyl (C=O) groups excluding carboxylic acids is 1. The van der Waals surface area contributed by atoms with E-state index in [-0.39, 0.29) is 5.91 Å². The van der Waals surface area contributed by atoms with Gasteiger partial charge in [0.2, 0.25) is 5.91 Å². The van der Waals surface area contributed by atoms with E-state index in [4.69, 9.17) is 5.73 Å². The highest BCUT2D eigenvalue weighted by molar-refractivity contribution is 5.84. The average Bonchev–Trinajstić information content (AvgIpc) is 3.21. The van der Waals surface area contributed by atoms with E-state index in [9.17, 15) is 4.79 Å². The Labute approximate surface area is 117 Å². The van der Waals surface area contributed by atoms with Crippen molar-refractivity contribution >= 4 is 5.91 Å². The van der Waals surface area contributed by atoms with Crippen LogP contribution in [-0.4, -0.2) is 42.0 Å². The maximum atomic E-state index is 11.7. The molecule has 2 rings (SSSR count). The van der Waals surface area contributed by atoms with Gasteiger partial charge in [-0.15, -0.1) is 0 Å². The summed E-state index contributed by atoms with van der Waals surface area (Å²) in [5.74, 6) is 0.689. The molecule has 0 aromatic rings. The minimum atomic E-state index is -0.523. The second-order valence-corrected chi connectivity index (χ2v) is 6.78. The molecule has 4 nitrogen and oxygen atoms in total. The maximum Gasteiger partial charge on any atom is 0.237 e. The van der Waals surface area contributed by atoms with Crippen LogP contribution in [0, 0.1) is 5.92 Å². The third-order valence-corrected chi connectivity index (χ3v) is 4.83. The number of amides is 1. The summed E-state index contributed by atoms with van der Waals surface area (Å²) in [5.41, 5.74) is 5.04. The molecule has 0 spiro atoms. The Balaban J connectivity index is 1.73. The molecule has 2 aliphatic carbocycles. The van der Waals surface area contributed by atoms with E-state index in [1.807, 2.05) is 6.92 Å². The number of rotatable bonds is 9. The topological polar surface area (TPSA) is 58.4 Å². The van der Waals surface area contributed by atoms with Gasteiger partial charge in [-0.25, -0.2) is 0 Å². The van der Waals surface area contributed by atoms with Crippen molar-refractivity contribution < 1.29 is 4.79 Å². The van der Waals surface area contributed by atoms with Crippen molar-refractivity contribution in [3.8, 4) is 0 Å². The summed E-state index contributed by atoms with van der Waals surface area (Å²) in [7, 11) is 2.19. The Kier molecular flexibility index (Phi) is 4.51. The molecule has 3 N–H and O–H groups in total. The number of nitrogens with two attached hydrogens (primary N) is 1. The van der Waals surface area contributed by atoms with Crippen molar-refractivity contribution in [1.29, 1.82) is 0 Å². The second-order valence-electron chi connectivity index (χ2n) is 6.78. The Bertz CT molecular complexity index is 325. The summed E-state index contributed by atoms with van der Waals surface area (Å²) in [6.45, 7) is 5.32. The molecule has 2 fully saturated rings. The first-order valence-corrected chi connectivity index (χ1v) is 7.70. The Morgan fingerprint density at radius 3 is 2.53 bits per heavy atom. The van der Waals surface area contributed by atoms with Gasteiger partial charge in [0.05, 0.1) is 5.54 Å². The molecule has 2 atom stereocenters. The number of hydrogen-bond donors (Lipinski definition) is 2. The zero-order valence-corrected chi connectivity index (χ0v) is 12.6. The van der Waals surface area contributed by atoms with Crippen molar-refractivity contribution in [2.75, 3.05) is 13.6 Å². The first-order valence-electron chi connectivity index (χ1n) is 7.70. The summed E-state index contributed by atoms with van der Waals surface area (Å²) in [6, 6.07) is 1.19. The van der Waals surface area contributed by atoms with Gasteiger partial charge < -0.3 is 16.0 Å². The average molecular weight is 267 g/mol. The molecule has 2 saturated carbocycles. The van der Waals surface area contributed by atoms with E-state index >= 15 is 0 Å². The molecule has 0 radical (unpaired) electrons. The number of carbonyl (C=O) groups is 1. The van der Waals surface area contributed by atoms with Gasteiger partial charge >= 0.3 is 0 Å². The molecule has 1 amide bonds. The lowest BCUT2D eigenvalue weighted by molar-refractivity contribution is -0.124. The number of hydrogen-bond acceptors (Lipinski definition) is 3. The first-order chi connectivity index (χ1) is 8.92. The molecule has 0 aliphatic heterocycles. The summed E-state index contributed by atoms with van der Waals surface area (Å²) in [5, 5.41) is 3.41. The lowest BCUT2D eigenvalue weighted by atomic mass is 9.94. The lowest BCUT2D eigenvalue weighted by Crippen LogP contribution is -2.54. The van der Waals surface area contributed by atoms with E-state index in [0.29, 0.717) is 12.1 Å². The molecule has 0 saturated heterocycles. The SMILES string of the molecule is CC(C1CC1)N(C)CCCC(C)(NC1CC1)C(N)=O. The van der Waals surface area contributed by atoms with Gasteiger partial charge in [0, 0.05) is 12.1 Å². The fourth-order valence-corrected chi connectivity index (χ4v) is 2.77. The van der Waals surface area contributed by atoms with E-state index in [2.05, 4.69) is 24.2 Å². The predicted molar refractivity (Wildman–Crippen MR) is 77.8 cm³/mol. The van der Waals surface area contributed by atoms with Crippen molar-refractivity contribution in [2.24, 2.45) is 11.7 Å². The Morgan fingerprint density at radius 2 is 2.05 bits per heavy atom. The van der Waals surface area contributed by atoms with E-state index < -0.39 is 5.54 Å². The maximum absolute atomic E-state index is 11.7. The van der Waals surface area contributed by atoms with Crippen LogP contribution in [0.1, 0.15) is 52.4 Å². The minimum Gasteiger partial charge on any atom is -0.368 e. The van der Waals surface area contributed by atoms with Crippen LogP contribution in [0.5, 0.6) is 0 Å². The second kappa shape index (κ2) is 5.80. The molecular weight excluding hydrogens is 238 g/mol. The van der Waals surface area contributed by atoms with E-state index in [1.54, 1.807) is 0 Å². The number of nitrogens with one attached hydrogen (secondary N) is 1. The van der Waals surface area contributed by atoms with Gasteiger partial charge in [0.25, 0.3) is 0 Å². The van der Waals surface area contributed by atoms with Gasteiger partial charge in [-0.2, -0.15) is 0 Å². The van der Waals surface area contributed by atoms with Crippen LogP contribution in [0.15, 0.2) is 0 Å². The quantitative estimate of drug-likeness (QED) is 0.665. The van der Waals surface area contributed by atoms with Gasteiger partial charge in [0.15, 0.2) is 0 Å². The van der Waals surface area contributed by atoms with Crippen molar-refractivity contribution in [2.45, 2.75) is 70.0 Å². The molecular formula is C15H29N3O. The van der Waals surface area contributed by atoms with E-state index in [0.717, 1.165) is 25.3 Å². The molecule has 0 bridgehead atoms. The third kappa shape index (κ3) is 4.18. The van der Waals surface area contributed by atoms with Crippen LogP contribution < -0.4 is 11.1 Å². The van der Waals surface area contributed by atoms with Crippen LogP contribution in [0.3, 0.4) is 0 Å². The largest absolute Gasteiger partial charge is 0.368 e. The highest BCUT2D eigenvalue weighted by Crippen LogP contribution is 2.34. The molecule has 2 unspecified atom stereocenters. The monoisotopic (exact) mass is 267 g/mol. The molecule has 19 heavy (non-hydrogen) atoms. The smallest absolute Gasteiger partial charge is 0.237 e. The Hall–Kier alpha value is -0.610. The number of primary amides is 1. The predicted octanol–water partition coefficient (Wildman–Crippen LogP) is 1.49. The first kappa shape index (κ1) is 14.8. The zero-order chi connectivity index (χ0) is 14.0. The normalized spacial score (nSPS) is 24.2. The highest BCUT2D eigenvalue weighted by Gasteiger charge is 2.37. The van der Waals surface area contributed by atoms with Crippen molar-refractivity contribution in [3.05, 3.63) is 0 Å². The molecule has 4 heteroatoms. The third-order valence-electron chi connectivity index (χ3n) is 4.83. The van der Waals surface area contributed by atoms with Crippen molar-refractivity contribution in [1.82, 2.24) is 10.2 Å². The minimum absolute atomic E-state index is 0.211. The Morgan fingerprint density at radius 1 is 1.42 bits per heavy atom. The van der Waals surface area contributed by atoms with Crippen LogP contribution in [0.25, 0.3) is 0 Å². The van der Waals surface area contributed by atoms with Gasteiger partial charge in [0.1, 0.15) is 0 Å². The molecule has 0 aromatic carbocycles. The van der Waals surface area contributed by atoms with Crippen LogP contribution in [-0.2, 0) is 4.79 Å². The molecule has 110 valence electrons. The summed E-state index contributed by atoms with van der Waals surface area (Å²) in [4.78, 5) is 14.1. The van der Waals surface area contributed by atoms with Crippen LogP contribution >= 0.6 is 0 Å². The van der Waals surface area contributed by atoms with Gasteiger partial charge in [-0.1, -0.05) is 0 Å². The fourth-order valence-electron chi connectivity index (χ4n) is 2.77. The molecule has 2 aliphatic rings. The van der Waals surface area contributed by atoms with Crippen molar-refractivity contribution in [3.63, 3.8) is 0 Å². The summed E-state index contributed by atoms with van der Waals surface area (Å²) in [6.07, 6.45) is 6.98. The van der Waals surface area contributed by atoms with Gasteiger partial charge in [-0.05, 0) is 71.9 Å². The standard InChI is InChI=1S/C15H29N3O/c1-11(12-5-6-12)18(3)10-4-9-15(2,14(16)19)17-13-7-8-13/h11-13,17H,4-10H2,1-3H3,(H2,16,19). The highest BCUT2D eigenvalue weighted by atomic mass is 16.1. The lowest BCUT2D eigenvalue weighted by Gasteiger charge is -2.30. The molecule has 0 heterocycles. The fraction of sp³-hybridized carbons (Fsp3) is 0.933.